The van der Waals surface area contributed by atoms with Gasteiger partial charge in [-0.05, 0) is 31.8 Å². The number of carbonyl (C=O) groups is 2. The van der Waals surface area contributed by atoms with Crippen LogP contribution in [0.25, 0.3) is 0 Å². The van der Waals surface area contributed by atoms with Gasteiger partial charge in [-0.1, -0.05) is 0 Å². The van der Waals surface area contributed by atoms with Crippen molar-refractivity contribution in [3.05, 3.63) is 0 Å². The maximum atomic E-state index is 12.2. The van der Waals surface area contributed by atoms with Crippen LogP contribution in [0.15, 0.2) is 0 Å². The van der Waals surface area contributed by atoms with E-state index in [1.807, 2.05) is 0 Å². The third kappa shape index (κ3) is 2.98. The Morgan fingerprint density at radius 1 is 1.19 bits per heavy atom. The summed E-state index contributed by atoms with van der Waals surface area (Å²) in [4.78, 5) is 26.1. The number of carbonyl (C=O) groups excluding carboxylic acids is 1. The molecule has 0 saturated carbocycles. The lowest BCUT2D eigenvalue weighted by atomic mass is 9.84. The van der Waals surface area contributed by atoms with Crippen molar-refractivity contribution in [3.8, 4) is 0 Å². The lowest BCUT2D eigenvalue weighted by Crippen LogP contribution is -2.64. The third-order valence-corrected chi connectivity index (χ3v) is 5.08. The Bertz CT molecular complexity index is 414. The van der Waals surface area contributed by atoms with Gasteiger partial charge in [-0.15, -0.1) is 0 Å². The first-order valence-electron chi connectivity index (χ1n) is 7.71. The molecule has 4 aliphatic rings. The number of nitrogens with zero attached hydrogens (tertiary/aromatic N) is 1. The molecule has 2 bridgehead atoms. The van der Waals surface area contributed by atoms with Crippen LogP contribution in [-0.4, -0.2) is 66.4 Å². The molecular formula is C14H23N3O4. The third-order valence-electron chi connectivity index (χ3n) is 5.08. The molecule has 0 spiro atoms. The van der Waals surface area contributed by atoms with Gasteiger partial charge in [0.1, 0.15) is 5.54 Å². The molecule has 1 atom stereocenters. The molecule has 0 radical (unpaired) electrons. The van der Waals surface area contributed by atoms with E-state index in [0.29, 0.717) is 32.0 Å². The second kappa shape index (κ2) is 5.81. The summed E-state index contributed by atoms with van der Waals surface area (Å²) in [6, 6.07) is -0.226. The highest BCUT2D eigenvalue weighted by atomic mass is 16.5. The molecule has 3 N–H and O–H groups in total. The van der Waals surface area contributed by atoms with E-state index in [2.05, 4.69) is 15.5 Å². The van der Waals surface area contributed by atoms with Gasteiger partial charge in [-0.3, -0.25) is 0 Å². The summed E-state index contributed by atoms with van der Waals surface area (Å²) < 4.78 is 5.20. The molecule has 0 aliphatic carbocycles. The summed E-state index contributed by atoms with van der Waals surface area (Å²) in [7, 11) is 0. The number of nitrogens with one attached hydrogen (secondary N) is 2. The molecule has 118 valence electrons. The summed E-state index contributed by atoms with van der Waals surface area (Å²) in [5, 5.41) is 15.1. The maximum Gasteiger partial charge on any atom is 0.329 e. The Morgan fingerprint density at radius 3 is 2.38 bits per heavy atom. The maximum absolute atomic E-state index is 12.2. The number of hydrogen-bond donors (Lipinski definition) is 3. The Labute approximate surface area is 124 Å². The number of carboxylic acid groups (broad SMARTS) is 1. The molecule has 1 unspecified atom stereocenters. The minimum absolute atomic E-state index is 0.137. The Morgan fingerprint density at radius 2 is 1.86 bits per heavy atom. The number of fused-ring (bicyclic) bond motifs is 3. The standard InChI is InChI=1S/C14H23N3O4/c18-12(19)14(3-7-21-8-4-14)16-13(20)15-11-9-17-5-1-10(11)2-6-17/h10-11H,1-9H2,(H,18,19)(H2,15,16,20). The zero-order valence-electron chi connectivity index (χ0n) is 12.1. The molecule has 4 aliphatic heterocycles. The van der Waals surface area contributed by atoms with Crippen LogP contribution in [0.2, 0.25) is 0 Å². The van der Waals surface area contributed by atoms with Gasteiger partial charge in [0.2, 0.25) is 0 Å². The number of ether oxygens (including phenoxy) is 1. The van der Waals surface area contributed by atoms with Crippen LogP contribution in [0.4, 0.5) is 4.79 Å². The van der Waals surface area contributed by atoms with Crippen LogP contribution in [0, 0.1) is 5.92 Å². The Kier molecular flexibility index (Phi) is 4.03. The van der Waals surface area contributed by atoms with E-state index in [9.17, 15) is 14.7 Å². The molecule has 4 fully saturated rings. The predicted molar refractivity (Wildman–Crippen MR) is 75.0 cm³/mol. The van der Waals surface area contributed by atoms with Crippen LogP contribution in [0.3, 0.4) is 0 Å². The number of hydrogen-bond acceptors (Lipinski definition) is 4. The fourth-order valence-corrected chi connectivity index (χ4v) is 3.66. The number of carboxylic acids is 1. The molecule has 0 aromatic carbocycles. The molecule has 4 heterocycles. The van der Waals surface area contributed by atoms with Crippen LogP contribution in [0.5, 0.6) is 0 Å². The summed E-state index contributed by atoms with van der Waals surface area (Å²) in [6.45, 7) is 3.84. The monoisotopic (exact) mass is 297 g/mol. The van der Waals surface area contributed by atoms with Crippen molar-refractivity contribution in [2.24, 2.45) is 5.92 Å². The van der Waals surface area contributed by atoms with Crippen molar-refractivity contribution in [2.75, 3.05) is 32.8 Å². The lowest BCUT2D eigenvalue weighted by Gasteiger charge is -2.45. The number of rotatable bonds is 3. The van der Waals surface area contributed by atoms with E-state index in [1.165, 1.54) is 0 Å². The van der Waals surface area contributed by atoms with Crippen molar-refractivity contribution in [3.63, 3.8) is 0 Å². The molecule has 4 rings (SSSR count). The van der Waals surface area contributed by atoms with Crippen LogP contribution >= 0.6 is 0 Å². The zero-order valence-corrected chi connectivity index (χ0v) is 12.1. The molecular weight excluding hydrogens is 274 g/mol. The van der Waals surface area contributed by atoms with Gasteiger partial charge in [0, 0.05) is 38.6 Å². The zero-order chi connectivity index (χ0) is 14.9. The van der Waals surface area contributed by atoms with E-state index in [4.69, 9.17) is 4.74 Å². The largest absolute Gasteiger partial charge is 0.480 e. The summed E-state index contributed by atoms with van der Waals surface area (Å²) >= 11 is 0. The molecule has 7 heteroatoms. The van der Waals surface area contributed by atoms with Gasteiger partial charge in [-0.2, -0.15) is 0 Å². The molecule has 2 amide bonds. The highest BCUT2D eigenvalue weighted by Gasteiger charge is 2.42. The minimum Gasteiger partial charge on any atom is -0.480 e. The Balaban J connectivity index is 1.59. The van der Waals surface area contributed by atoms with Crippen LogP contribution < -0.4 is 10.6 Å². The second-order valence-electron chi connectivity index (χ2n) is 6.34. The average molecular weight is 297 g/mol. The summed E-state index contributed by atoms with van der Waals surface area (Å²) in [5.41, 5.74) is -1.18. The average Bonchev–Trinajstić information content (AvgIpc) is 2.49. The molecule has 4 saturated heterocycles. The predicted octanol–water partition coefficient (Wildman–Crippen LogP) is 0.0136. The van der Waals surface area contributed by atoms with E-state index in [-0.39, 0.29) is 12.1 Å². The van der Waals surface area contributed by atoms with Gasteiger partial charge < -0.3 is 25.4 Å². The van der Waals surface area contributed by atoms with E-state index < -0.39 is 11.5 Å². The first-order valence-corrected chi connectivity index (χ1v) is 7.71. The van der Waals surface area contributed by atoms with Crippen molar-refractivity contribution < 1.29 is 19.4 Å². The number of aliphatic carboxylic acids is 1. The lowest BCUT2D eigenvalue weighted by molar-refractivity contribution is -0.148. The van der Waals surface area contributed by atoms with Crippen molar-refractivity contribution in [1.82, 2.24) is 15.5 Å². The van der Waals surface area contributed by atoms with E-state index >= 15 is 0 Å². The van der Waals surface area contributed by atoms with Crippen molar-refractivity contribution in [1.29, 1.82) is 0 Å². The van der Waals surface area contributed by atoms with Crippen LogP contribution in [0.1, 0.15) is 25.7 Å². The van der Waals surface area contributed by atoms with Crippen molar-refractivity contribution >= 4 is 12.0 Å². The number of amides is 2. The van der Waals surface area contributed by atoms with Crippen LogP contribution in [-0.2, 0) is 9.53 Å². The van der Waals surface area contributed by atoms with Gasteiger partial charge in [-0.25, -0.2) is 9.59 Å². The quantitative estimate of drug-likeness (QED) is 0.683. The molecule has 7 nitrogen and oxygen atoms in total. The summed E-state index contributed by atoms with van der Waals surface area (Å²) in [5.74, 6) is -0.453. The molecule has 0 aromatic rings. The highest BCUT2D eigenvalue weighted by molar-refractivity contribution is 5.86. The van der Waals surface area contributed by atoms with Gasteiger partial charge in [0.05, 0.1) is 0 Å². The Hall–Kier alpha value is -1.34. The number of urea groups is 1. The van der Waals surface area contributed by atoms with Crippen molar-refractivity contribution in [2.45, 2.75) is 37.3 Å². The minimum atomic E-state index is -1.18. The molecule has 0 aromatic heterocycles. The van der Waals surface area contributed by atoms with Gasteiger partial charge in [0.25, 0.3) is 0 Å². The topological polar surface area (TPSA) is 90.9 Å². The van der Waals surface area contributed by atoms with Gasteiger partial charge >= 0.3 is 12.0 Å². The van der Waals surface area contributed by atoms with E-state index in [0.717, 1.165) is 32.5 Å². The first-order chi connectivity index (χ1) is 10.1. The fourth-order valence-electron chi connectivity index (χ4n) is 3.66. The second-order valence-corrected chi connectivity index (χ2v) is 6.34. The highest BCUT2D eigenvalue weighted by Crippen LogP contribution is 2.27. The summed E-state index contributed by atoms with van der Waals surface area (Å²) in [6.07, 6.45) is 2.86. The normalized spacial score (nSPS) is 34.2. The van der Waals surface area contributed by atoms with Gasteiger partial charge in [0.15, 0.2) is 0 Å². The first kappa shape index (κ1) is 14.6. The number of piperidine rings is 3. The van der Waals surface area contributed by atoms with E-state index in [1.54, 1.807) is 0 Å². The SMILES string of the molecule is O=C(NC1CN2CCC1CC2)NC1(C(=O)O)CCOCC1. The smallest absolute Gasteiger partial charge is 0.329 e. The molecule has 21 heavy (non-hydrogen) atoms. The fraction of sp³-hybridized carbons (Fsp3) is 0.857.